The second kappa shape index (κ2) is 8.21. The van der Waals surface area contributed by atoms with E-state index in [2.05, 4.69) is 10.6 Å². The van der Waals surface area contributed by atoms with Gasteiger partial charge in [0.05, 0.1) is 0 Å². The molecule has 2 aromatic carbocycles. The van der Waals surface area contributed by atoms with Crippen molar-refractivity contribution in [2.24, 2.45) is 0 Å². The van der Waals surface area contributed by atoms with E-state index in [-0.39, 0.29) is 6.61 Å². The number of nitrogens with one attached hydrogen (secondary N) is 2. The first-order valence-electron chi connectivity index (χ1n) is 7.22. The normalized spacial score (nSPS) is 11.4. The Bertz CT molecular complexity index is 719. The Labute approximate surface area is 144 Å². The smallest absolute Gasteiger partial charge is 0.411 e. The Morgan fingerprint density at radius 1 is 1.12 bits per heavy atom. The summed E-state index contributed by atoms with van der Waals surface area (Å²) >= 11 is 5.99. The van der Waals surface area contributed by atoms with Crippen LogP contribution < -0.4 is 10.6 Å². The highest BCUT2D eigenvalue weighted by Crippen LogP contribution is 2.17. The van der Waals surface area contributed by atoms with Crippen LogP contribution in [-0.4, -0.2) is 23.2 Å². The summed E-state index contributed by atoms with van der Waals surface area (Å²) in [7, 11) is 0. The Morgan fingerprint density at radius 2 is 1.75 bits per heavy atom. The first-order valence-corrected chi connectivity index (χ1v) is 7.60. The van der Waals surface area contributed by atoms with Gasteiger partial charge in [-0.15, -0.1) is 0 Å². The molecule has 1 amide bonds. The fourth-order valence-electron chi connectivity index (χ4n) is 1.87. The van der Waals surface area contributed by atoms with Crippen LogP contribution in [-0.2, 0) is 16.1 Å². The van der Waals surface area contributed by atoms with Crippen LogP contribution in [0.1, 0.15) is 12.5 Å². The summed E-state index contributed by atoms with van der Waals surface area (Å²) in [6.45, 7) is 1.61. The zero-order valence-corrected chi connectivity index (χ0v) is 13.7. The van der Waals surface area contributed by atoms with Gasteiger partial charge in [-0.1, -0.05) is 29.8 Å². The second-order valence-electron chi connectivity index (χ2n) is 5.07. The van der Waals surface area contributed by atoms with Gasteiger partial charge < -0.3 is 15.2 Å². The lowest BCUT2D eigenvalue weighted by atomic mass is 10.2. The first kappa shape index (κ1) is 17.6. The zero-order chi connectivity index (χ0) is 17.5. The molecular weight excluding hydrogens is 332 g/mol. The number of rotatable bonds is 6. The molecule has 1 unspecified atom stereocenters. The van der Waals surface area contributed by atoms with E-state index in [0.717, 1.165) is 5.56 Å². The van der Waals surface area contributed by atoms with E-state index >= 15 is 0 Å². The minimum Gasteiger partial charge on any atom is -0.480 e. The van der Waals surface area contributed by atoms with Crippen LogP contribution in [0.15, 0.2) is 48.5 Å². The molecule has 0 aliphatic rings. The molecule has 24 heavy (non-hydrogen) atoms. The lowest BCUT2D eigenvalue weighted by Gasteiger charge is -2.12. The second-order valence-corrected chi connectivity index (χ2v) is 5.48. The third-order valence-electron chi connectivity index (χ3n) is 3.20. The number of carboxylic acids is 1. The van der Waals surface area contributed by atoms with Gasteiger partial charge in [-0.2, -0.15) is 0 Å². The van der Waals surface area contributed by atoms with Crippen LogP contribution in [0, 0.1) is 0 Å². The average molecular weight is 349 g/mol. The summed E-state index contributed by atoms with van der Waals surface area (Å²) in [5.74, 6) is -0.944. The van der Waals surface area contributed by atoms with E-state index in [0.29, 0.717) is 16.4 Å². The molecule has 3 N–H and O–H groups in total. The number of benzene rings is 2. The summed E-state index contributed by atoms with van der Waals surface area (Å²) in [6.07, 6.45) is -0.602. The SMILES string of the molecule is CC(Nc1ccc(NC(=O)OCc2ccccc2Cl)cc1)C(=O)O. The lowest BCUT2D eigenvalue weighted by Crippen LogP contribution is -2.25. The fraction of sp³-hybridized carbons (Fsp3) is 0.176. The molecule has 0 aliphatic heterocycles. The molecule has 0 bridgehead atoms. The Kier molecular flexibility index (Phi) is 6.03. The number of carbonyl (C=O) groups is 2. The lowest BCUT2D eigenvalue weighted by molar-refractivity contribution is -0.137. The van der Waals surface area contributed by atoms with Crippen LogP contribution >= 0.6 is 11.6 Å². The van der Waals surface area contributed by atoms with Gasteiger partial charge in [0.25, 0.3) is 0 Å². The Morgan fingerprint density at radius 3 is 2.38 bits per heavy atom. The van der Waals surface area contributed by atoms with E-state index in [1.165, 1.54) is 0 Å². The first-order chi connectivity index (χ1) is 11.5. The van der Waals surface area contributed by atoms with Crippen LogP contribution in [0.25, 0.3) is 0 Å². The third kappa shape index (κ3) is 5.17. The van der Waals surface area contributed by atoms with Crippen LogP contribution in [0.2, 0.25) is 5.02 Å². The van der Waals surface area contributed by atoms with Crippen molar-refractivity contribution in [2.75, 3.05) is 10.6 Å². The van der Waals surface area contributed by atoms with Crippen molar-refractivity contribution < 1.29 is 19.4 Å². The molecule has 2 aromatic rings. The van der Waals surface area contributed by atoms with Crippen molar-refractivity contribution in [2.45, 2.75) is 19.6 Å². The number of halogens is 1. The minimum atomic E-state index is -0.944. The van der Waals surface area contributed by atoms with E-state index in [1.807, 2.05) is 6.07 Å². The zero-order valence-electron chi connectivity index (χ0n) is 13.0. The number of ether oxygens (including phenoxy) is 1. The predicted octanol–water partition coefficient (Wildman–Crippen LogP) is 3.97. The standard InChI is InChI=1S/C17H17ClN2O4/c1-11(16(21)22)19-13-6-8-14(9-7-13)20-17(23)24-10-12-4-2-3-5-15(12)18/h2-9,11,19H,10H2,1H3,(H,20,23)(H,21,22). The molecule has 126 valence electrons. The molecule has 0 radical (unpaired) electrons. The van der Waals surface area contributed by atoms with Gasteiger partial charge in [-0.05, 0) is 37.3 Å². The molecule has 7 heteroatoms. The molecule has 1 atom stereocenters. The number of amides is 1. The molecule has 0 saturated carbocycles. The highest BCUT2D eigenvalue weighted by Gasteiger charge is 2.10. The highest BCUT2D eigenvalue weighted by atomic mass is 35.5. The van der Waals surface area contributed by atoms with Crippen molar-refractivity contribution in [3.05, 3.63) is 59.1 Å². The summed E-state index contributed by atoms with van der Waals surface area (Å²) in [4.78, 5) is 22.6. The summed E-state index contributed by atoms with van der Waals surface area (Å²) in [5.41, 5.74) is 1.89. The maximum absolute atomic E-state index is 11.8. The van der Waals surface area contributed by atoms with Crippen molar-refractivity contribution in [1.82, 2.24) is 0 Å². The van der Waals surface area contributed by atoms with E-state index in [9.17, 15) is 9.59 Å². The van der Waals surface area contributed by atoms with Gasteiger partial charge in [0.2, 0.25) is 0 Å². The van der Waals surface area contributed by atoms with Gasteiger partial charge in [0.1, 0.15) is 12.6 Å². The van der Waals surface area contributed by atoms with Crippen LogP contribution in [0.3, 0.4) is 0 Å². The van der Waals surface area contributed by atoms with Gasteiger partial charge >= 0.3 is 12.1 Å². The molecular formula is C17H17ClN2O4. The summed E-state index contributed by atoms with van der Waals surface area (Å²) < 4.78 is 5.11. The molecule has 0 spiro atoms. The van der Waals surface area contributed by atoms with Gasteiger partial charge in [-0.25, -0.2) is 4.79 Å². The predicted molar refractivity (Wildman–Crippen MR) is 92.4 cm³/mol. The molecule has 6 nitrogen and oxygen atoms in total. The maximum Gasteiger partial charge on any atom is 0.411 e. The number of aliphatic carboxylic acids is 1. The van der Waals surface area contributed by atoms with E-state index in [4.69, 9.17) is 21.4 Å². The summed E-state index contributed by atoms with van der Waals surface area (Å²) in [5, 5.41) is 14.8. The summed E-state index contributed by atoms with van der Waals surface area (Å²) in [6, 6.07) is 13.0. The molecule has 0 aromatic heterocycles. The molecule has 0 fully saturated rings. The quantitative estimate of drug-likeness (QED) is 0.735. The van der Waals surface area contributed by atoms with E-state index in [1.54, 1.807) is 49.4 Å². The number of carboxylic acid groups (broad SMARTS) is 1. The van der Waals surface area contributed by atoms with Crippen molar-refractivity contribution in [3.63, 3.8) is 0 Å². The van der Waals surface area contributed by atoms with E-state index < -0.39 is 18.1 Å². The molecule has 0 saturated heterocycles. The topological polar surface area (TPSA) is 87.7 Å². The van der Waals surface area contributed by atoms with Crippen LogP contribution in [0.5, 0.6) is 0 Å². The molecule has 2 rings (SSSR count). The highest BCUT2D eigenvalue weighted by molar-refractivity contribution is 6.31. The fourth-order valence-corrected chi connectivity index (χ4v) is 2.06. The molecule has 0 aliphatic carbocycles. The number of hydrogen-bond acceptors (Lipinski definition) is 4. The maximum atomic E-state index is 11.8. The monoisotopic (exact) mass is 348 g/mol. The Balaban J connectivity index is 1.86. The van der Waals surface area contributed by atoms with Gasteiger partial charge in [0, 0.05) is 22.0 Å². The largest absolute Gasteiger partial charge is 0.480 e. The average Bonchev–Trinajstić information content (AvgIpc) is 2.56. The minimum absolute atomic E-state index is 0.0707. The number of hydrogen-bond donors (Lipinski definition) is 3. The van der Waals surface area contributed by atoms with Gasteiger partial charge in [0.15, 0.2) is 0 Å². The van der Waals surface area contributed by atoms with Crippen molar-refractivity contribution >= 4 is 35.0 Å². The van der Waals surface area contributed by atoms with Crippen LogP contribution in [0.4, 0.5) is 16.2 Å². The molecule has 0 heterocycles. The van der Waals surface area contributed by atoms with Gasteiger partial charge in [-0.3, -0.25) is 10.1 Å². The third-order valence-corrected chi connectivity index (χ3v) is 3.57. The van der Waals surface area contributed by atoms with Crippen molar-refractivity contribution in [3.8, 4) is 0 Å². The van der Waals surface area contributed by atoms with Crippen molar-refractivity contribution in [1.29, 1.82) is 0 Å². The number of anilines is 2. The Hall–Kier alpha value is -2.73. The number of carbonyl (C=O) groups excluding carboxylic acids is 1.